The lowest BCUT2D eigenvalue weighted by Gasteiger charge is -2.18. The van der Waals surface area contributed by atoms with Crippen molar-refractivity contribution in [3.05, 3.63) is 69.7 Å². The van der Waals surface area contributed by atoms with Crippen LogP contribution in [0.2, 0.25) is 5.02 Å². The Bertz CT molecular complexity index is 763. The molecular weight excluding hydrogens is 320 g/mol. The van der Waals surface area contributed by atoms with E-state index in [0.29, 0.717) is 30.6 Å². The van der Waals surface area contributed by atoms with Gasteiger partial charge < -0.3 is 4.90 Å². The van der Waals surface area contributed by atoms with Gasteiger partial charge in [0.25, 0.3) is 5.91 Å². The molecule has 1 fully saturated rings. The predicted octanol–water partition coefficient (Wildman–Crippen LogP) is 4.56. The van der Waals surface area contributed by atoms with Crippen molar-refractivity contribution < 1.29 is 13.6 Å². The van der Waals surface area contributed by atoms with Gasteiger partial charge in [0.2, 0.25) is 0 Å². The first-order chi connectivity index (χ1) is 11.0. The molecule has 0 N–H and O–H groups in total. The Morgan fingerprint density at radius 3 is 2.65 bits per heavy atom. The van der Waals surface area contributed by atoms with Crippen molar-refractivity contribution >= 4 is 17.5 Å². The summed E-state index contributed by atoms with van der Waals surface area (Å²) >= 11 is 6.10. The summed E-state index contributed by atoms with van der Waals surface area (Å²) < 4.78 is 27.9. The minimum atomic E-state index is -0.625. The van der Waals surface area contributed by atoms with E-state index >= 15 is 0 Å². The lowest BCUT2D eigenvalue weighted by molar-refractivity contribution is 0.0786. The molecule has 0 saturated carbocycles. The zero-order valence-corrected chi connectivity index (χ0v) is 13.4. The number of rotatable bonds is 2. The number of halogens is 3. The highest BCUT2D eigenvalue weighted by Crippen LogP contribution is 2.32. The number of carbonyl (C=O) groups is 1. The van der Waals surface area contributed by atoms with Gasteiger partial charge in [0.1, 0.15) is 11.6 Å². The molecule has 1 unspecified atom stereocenters. The van der Waals surface area contributed by atoms with Gasteiger partial charge in [0.15, 0.2) is 0 Å². The van der Waals surface area contributed by atoms with Crippen LogP contribution in [0.25, 0.3) is 0 Å². The van der Waals surface area contributed by atoms with E-state index in [-0.39, 0.29) is 22.3 Å². The highest BCUT2D eigenvalue weighted by molar-refractivity contribution is 6.34. The summed E-state index contributed by atoms with van der Waals surface area (Å²) in [6, 6.07) is 9.35. The normalized spacial score (nSPS) is 17.6. The molecule has 120 valence electrons. The lowest BCUT2D eigenvalue weighted by atomic mass is 9.98. The van der Waals surface area contributed by atoms with Crippen LogP contribution >= 0.6 is 11.6 Å². The molecule has 1 aliphatic rings. The Morgan fingerprint density at radius 1 is 1.17 bits per heavy atom. The first kappa shape index (κ1) is 15.9. The molecule has 2 nitrogen and oxygen atoms in total. The number of hydrogen-bond acceptors (Lipinski definition) is 1. The zero-order chi connectivity index (χ0) is 16.6. The first-order valence-corrected chi connectivity index (χ1v) is 7.85. The van der Waals surface area contributed by atoms with Crippen molar-refractivity contribution in [3.63, 3.8) is 0 Å². The van der Waals surface area contributed by atoms with E-state index in [4.69, 9.17) is 11.6 Å². The third kappa shape index (κ3) is 2.95. The molecule has 0 radical (unpaired) electrons. The highest BCUT2D eigenvalue weighted by Gasteiger charge is 2.31. The molecule has 1 saturated heterocycles. The number of nitrogens with zero attached hydrogens (tertiary/aromatic N) is 1. The lowest BCUT2D eigenvalue weighted by Crippen LogP contribution is -2.29. The van der Waals surface area contributed by atoms with Gasteiger partial charge in [0, 0.05) is 19.0 Å². The van der Waals surface area contributed by atoms with Gasteiger partial charge in [-0.25, -0.2) is 8.78 Å². The molecule has 1 aliphatic heterocycles. The van der Waals surface area contributed by atoms with Gasteiger partial charge in [-0.3, -0.25) is 4.79 Å². The average molecular weight is 336 g/mol. The summed E-state index contributed by atoms with van der Waals surface area (Å²) in [7, 11) is 0. The van der Waals surface area contributed by atoms with Crippen LogP contribution in [-0.2, 0) is 0 Å². The number of carbonyl (C=O) groups excluding carboxylic acids is 1. The fourth-order valence-corrected chi connectivity index (χ4v) is 3.25. The van der Waals surface area contributed by atoms with E-state index in [1.807, 2.05) is 0 Å². The molecule has 1 amide bonds. The molecular formula is C18H16ClF2NO. The van der Waals surface area contributed by atoms with Crippen LogP contribution in [0.5, 0.6) is 0 Å². The second-order valence-corrected chi connectivity index (χ2v) is 6.19. The number of amides is 1. The van der Waals surface area contributed by atoms with Gasteiger partial charge in [-0.2, -0.15) is 0 Å². The van der Waals surface area contributed by atoms with Crippen LogP contribution in [0, 0.1) is 18.6 Å². The van der Waals surface area contributed by atoms with Gasteiger partial charge >= 0.3 is 0 Å². The Hall–Kier alpha value is -1.94. The van der Waals surface area contributed by atoms with Crippen LogP contribution in [-0.4, -0.2) is 23.9 Å². The van der Waals surface area contributed by atoms with Crippen LogP contribution in [0.3, 0.4) is 0 Å². The number of benzene rings is 2. The van der Waals surface area contributed by atoms with Crippen LogP contribution in [0.15, 0.2) is 36.4 Å². The van der Waals surface area contributed by atoms with Crippen molar-refractivity contribution in [3.8, 4) is 0 Å². The molecule has 1 atom stereocenters. The number of aryl methyl sites for hydroxylation is 1. The quantitative estimate of drug-likeness (QED) is 0.788. The summed E-state index contributed by atoms with van der Waals surface area (Å²) in [5, 5.41) is 0.143. The maximum absolute atomic E-state index is 14.0. The van der Waals surface area contributed by atoms with Crippen LogP contribution < -0.4 is 0 Å². The van der Waals surface area contributed by atoms with Gasteiger partial charge in [-0.1, -0.05) is 35.9 Å². The summed E-state index contributed by atoms with van der Waals surface area (Å²) in [6.45, 7) is 2.55. The topological polar surface area (TPSA) is 20.3 Å². The Kier molecular flexibility index (Phi) is 4.35. The fourth-order valence-electron chi connectivity index (χ4n) is 3.02. The summed E-state index contributed by atoms with van der Waals surface area (Å²) in [5.74, 6) is -1.41. The summed E-state index contributed by atoms with van der Waals surface area (Å²) in [4.78, 5) is 14.2. The molecule has 0 aliphatic carbocycles. The van der Waals surface area contributed by atoms with E-state index in [1.165, 1.54) is 12.1 Å². The predicted molar refractivity (Wildman–Crippen MR) is 85.8 cm³/mol. The second-order valence-electron chi connectivity index (χ2n) is 5.81. The van der Waals surface area contributed by atoms with Crippen molar-refractivity contribution in [2.45, 2.75) is 19.3 Å². The monoisotopic (exact) mass is 335 g/mol. The SMILES string of the molecule is Cc1ccc(F)c(C(=O)N2CCC(c3ccccc3F)C2)c1Cl. The summed E-state index contributed by atoms with van der Waals surface area (Å²) in [5.41, 5.74) is 1.15. The van der Waals surface area contributed by atoms with Crippen molar-refractivity contribution in [2.24, 2.45) is 0 Å². The van der Waals surface area contributed by atoms with Gasteiger partial charge in [-0.15, -0.1) is 0 Å². The molecule has 0 spiro atoms. The van der Waals surface area contributed by atoms with Crippen molar-refractivity contribution in [1.82, 2.24) is 4.90 Å². The van der Waals surface area contributed by atoms with E-state index < -0.39 is 11.7 Å². The van der Waals surface area contributed by atoms with Gasteiger partial charge in [0.05, 0.1) is 10.6 Å². The molecule has 2 aromatic rings. The first-order valence-electron chi connectivity index (χ1n) is 7.47. The Balaban J connectivity index is 1.84. The number of likely N-dealkylation sites (tertiary alicyclic amines) is 1. The average Bonchev–Trinajstić information content (AvgIpc) is 3.01. The second kappa shape index (κ2) is 6.28. The molecule has 0 bridgehead atoms. The molecule has 5 heteroatoms. The standard InChI is InChI=1S/C18H16ClF2NO/c1-11-6-7-15(21)16(17(11)19)18(23)22-9-8-12(10-22)13-4-2-3-5-14(13)20/h2-7,12H,8-10H2,1H3. The molecule has 23 heavy (non-hydrogen) atoms. The van der Waals surface area contributed by atoms with E-state index in [1.54, 1.807) is 36.1 Å². The largest absolute Gasteiger partial charge is 0.338 e. The maximum atomic E-state index is 14.0. The highest BCUT2D eigenvalue weighted by atomic mass is 35.5. The third-order valence-corrected chi connectivity index (χ3v) is 4.81. The zero-order valence-electron chi connectivity index (χ0n) is 12.7. The molecule has 0 aromatic heterocycles. The van der Waals surface area contributed by atoms with E-state index in [9.17, 15) is 13.6 Å². The smallest absolute Gasteiger partial charge is 0.258 e. The van der Waals surface area contributed by atoms with Crippen molar-refractivity contribution in [1.29, 1.82) is 0 Å². The number of hydrogen-bond donors (Lipinski definition) is 0. The van der Waals surface area contributed by atoms with Crippen LogP contribution in [0.1, 0.15) is 33.8 Å². The minimum absolute atomic E-state index is 0.0770. The fraction of sp³-hybridized carbons (Fsp3) is 0.278. The van der Waals surface area contributed by atoms with Crippen molar-refractivity contribution in [2.75, 3.05) is 13.1 Å². The third-order valence-electron chi connectivity index (χ3n) is 4.32. The van der Waals surface area contributed by atoms with E-state index in [2.05, 4.69) is 0 Å². The molecule has 2 aromatic carbocycles. The van der Waals surface area contributed by atoms with E-state index in [0.717, 1.165) is 0 Å². The molecule has 1 heterocycles. The maximum Gasteiger partial charge on any atom is 0.258 e. The molecule has 3 rings (SSSR count). The summed E-state index contributed by atoms with van der Waals surface area (Å²) in [6.07, 6.45) is 0.651. The van der Waals surface area contributed by atoms with Gasteiger partial charge in [-0.05, 0) is 36.6 Å². The van der Waals surface area contributed by atoms with Crippen LogP contribution in [0.4, 0.5) is 8.78 Å². The Labute approximate surface area is 138 Å². The Morgan fingerprint density at radius 2 is 1.91 bits per heavy atom. The minimum Gasteiger partial charge on any atom is -0.338 e.